The molecular weight excluding hydrogens is 228 g/mol. The molecule has 0 aromatic carbocycles. The molecule has 0 aliphatic carbocycles. The van der Waals surface area contributed by atoms with Crippen molar-refractivity contribution >= 4 is 6.09 Å². The van der Waals surface area contributed by atoms with E-state index in [4.69, 9.17) is 19.8 Å². The lowest BCUT2D eigenvalue weighted by molar-refractivity contribution is -0.0254. The SMILES string of the molecule is CC(C)(C)OC(=O)NOCCOCCN=[N+]=[N-]. The molecule has 8 heteroatoms. The highest BCUT2D eigenvalue weighted by molar-refractivity contribution is 5.66. The molecule has 0 bridgehead atoms. The van der Waals surface area contributed by atoms with Gasteiger partial charge in [0.1, 0.15) is 5.60 Å². The smallest absolute Gasteiger partial charge is 0.431 e. The lowest BCUT2D eigenvalue weighted by atomic mass is 10.2. The van der Waals surface area contributed by atoms with Gasteiger partial charge in [0, 0.05) is 11.5 Å². The van der Waals surface area contributed by atoms with Crippen LogP contribution in [-0.2, 0) is 14.3 Å². The molecule has 1 N–H and O–H groups in total. The van der Waals surface area contributed by atoms with E-state index in [0.29, 0.717) is 6.61 Å². The predicted molar refractivity (Wildman–Crippen MR) is 60.2 cm³/mol. The third-order valence-corrected chi connectivity index (χ3v) is 1.28. The van der Waals surface area contributed by atoms with Crippen molar-refractivity contribution in [2.24, 2.45) is 5.11 Å². The number of nitrogens with zero attached hydrogens (tertiary/aromatic N) is 3. The van der Waals surface area contributed by atoms with E-state index in [-0.39, 0.29) is 19.8 Å². The topological polar surface area (TPSA) is 106 Å². The lowest BCUT2D eigenvalue weighted by Gasteiger charge is -2.19. The first-order chi connectivity index (χ1) is 7.95. The van der Waals surface area contributed by atoms with Crippen LogP contribution in [0.2, 0.25) is 0 Å². The molecular formula is C9H18N4O4. The van der Waals surface area contributed by atoms with Gasteiger partial charge in [-0.2, -0.15) is 5.48 Å². The van der Waals surface area contributed by atoms with Crippen LogP contribution in [0.1, 0.15) is 20.8 Å². The van der Waals surface area contributed by atoms with Crippen LogP contribution in [0.5, 0.6) is 0 Å². The predicted octanol–water partition coefficient (Wildman–Crippen LogP) is 1.77. The van der Waals surface area contributed by atoms with E-state index in [0.717, 1.165) is 0 Å². The normalized spacial score (nSPS) is 10.5. The highest BCUT2D eigenvalue weighted by Gasteiger charge is 2.15. The van der Waals surface area contributed by atoms with Gasteiger partial charge in [-0.15, -0.1) is 0 Å². The molecule has 0 spiro atoms. The van der Waals surface area contributed by atoms with Crippen molar-refractivity contribution in [1.29, 1.82) is 0 Å². The summed E-state index contributed by atoms with van der Waals surface area (Å²) in [6.45, 7) is 6.34. The van der Waals surface area contributed by atoms with Gasteiger partial charge in [-0.3, -0.25) is 4.84 Å². The maximum atomic E-state index is 11.1. The van der Waals surface area contributed by atoms with E-state index in [9.17, 15) is 4.79 Å². The molecule has 0 aromatic heterocycles. The van der Waals surface area contributed by atoms with Gasteiger partial charge in [0.2, 0.25) is 0 Å². The number of azide groups is 1. The largest absolute Gasteiger partial charge is 0.442 e. The summed E-state index contributed by atoms with van der Waals surface area (Å²) in [5, 5.41) is 3.28. The summed E-state index contributed by atoms with van der Waals surface area (Å²) in [6.07, 6.45) is -0.647. The molecule has 0 radical (unpaired) electrons. The van der Waals surface area contributed by atoms with E-state index in [2.05, 4.69) is 15.5 Å². The zero-order valence-electron chi connectivity index (χ0n) is 10.3. The molecule has 0 aliphatic heterocycles. The Labute approximate surface area is 99.8 Å². The van der Waals surface area contributed by atoms with Crippen LogP contribution in [0.4, 0.5) is 4.79 Å². The summed E-state index contributed by atoms with van der Waals surface area (Å²) in [7, 11) is 0. The lowest BCUT2D eigenvalue weighted by Crippen LogP contribution is -2.33. The molecule has 0 heterocycles. The number of carbonyl (C=O) groups is 1. The first kappa shape index (κ1) is 15.5. The summed E-state index contributed by atoms with van der Waals surface area (Å²) in [6, 6.07) is 0. The highest BCUT2D eigenvalue weighted by Crippen LogP contribution is 2.06. The summed E-state index contributed by atoms with van der Waals surface area (Å²) in [5.74, 6) is 0. The number of ether oxygens (including phenoxy) is 2. The van der Waals surface area contributed by atoms with Gasteiger partial charge < -0.3 is 9.47 Å². The molecule has 0 aliphatic rings. The summed E-state index contributed by atoms with van der Waals surface area (Å²) >= 11 is 0. The van der Waals surface area contributed by atoms with Crippen LogP contribution in [-0.4, -0.2) is 38.1 Å². The van der Waals surface area contributed by atoms with Crippen LogP contribution in [0.15, 0.2) is 5.11 Å². The van der Waals surface area contributed by atoms with E-state index in [1.165, 1.54) is 0 Å². The van der Waals surface area contributed by atoms with Crippen LogP contribution in [0.25, 0.3) is 10.4 Å². The fourth-order valence-corrected chi connectivity index (χ4v) is 0.762. The minimum absolute atomic E-state index is 0.190. The number of rotatable bonds is 7. The Bertz CT molecular complexity index is 271. The van der Waals surface area contributed by atoms with Crippen LogP contribution >= 0.6 is 0 Å². The fourth-order valence-electron chi connectivity index (χ4n) is 0.762. The second-order valence-electron chi connectivity index (χ2n) is 4.02. The Morgan fingerprint density at radius 3 is 2.65 bits per heavy atom. The first-order valence-corrected chi connectivity index (χ1v) is 5.15. The van der Waals surface area contributed by atoms with Gasteiger partial charge >= 0.3 is 6.09 Å². The van der Waals surface area contributed by atoms with Crippen LogP contribution in [0, 0.1) is 0 Å². The molecule has 98 valence electrons. The summed E-state index contributed by atoms with van der Waals surface area (Å²) < 4.78 is 9.96. The number of nitrogens with one attached hydrogen (secondary N) is 1. The second-order valence-corrected chi connectivity index (χ2v) is 4.02. The summed E-state index contributed by atoms with van der Waals surface area (Å²) in [4.78, 5) is 18.4. The number of carbonyl (C=O) groups excluding carboxylic acids is 1. The van der Waals surface area contributed by atoms with Crippen molar-refractivity contribution in [2.45, 2.75) is 26.4 Å². The maximum Gasteiger partial charge on any atom is 0.431 e. The molecule has 1 amide bonds. The Morgan fingerprint density at radius 2 is 2.06 bits per heavy atom. The Morgan fingerprint density at radius 1 is 1.35 bits per heavy atom. The average Bonchev–Trinajstić information content (AvgIpc) is 2.19. The molecule has 0 rings (SSSR count). The molecule has 8 nitrogen and oxygen atoms in total. The zero-order chi connectivity index (χ0) is 13.1. The highest BCUT2D eigenvalue weighted by atomic mass is 16.7. The number of hydrogen-bond acceptors (Lipinski definition) is 5. The van der Waals surface area contributed by atoms with Gasteiger partial charge in [-0.25, -0.2) is 4.79 Å². The van der Waals surface area contributed by atoms with Crippen molar-refractivity contribution in [3.05, 3.63) is 10.4 Å². The van der Waals surface area contributed by atoms with Gasteiger partial charge in [0.05, 0.1) is 19.8 Å². The molecule has 0 unspecified atom stereocenters. The molecule has 0 atom stereocenters. The zero-order valence-corrected chi connectivity index (χ0v) is 10.3. The van der Waals surface area contributed by atoms with Gasteiger partial charge in [0.15, 0.2) is 0 Å². The first-order valence-electron chi connectivity index (χ1n) is 5.15. The third kappa shape index (κ3) is 12.4. The Hall–Kier alpha value is -1.50. The number of hydrogen-bond donors (Lipinski definition) is 1. The quantitative estimate of drug-likeness (QED) is 0.243. The Balaban J connectivity index is 3.34. The molecule has 17 heavy (non-hydrogen) atoms. The van der Waals surface area contributed by atoms with E-state index < -0.39 is 11.7 Å². The minimum Gasteiger partial charge on any atom is -0.442 e. The maximum absolute atomic E-state index is 11.1. The molecule has 0 fully saturated rings. The van der Waals surface area contributed by atoms with Crippen molar-refractivity contribution < 1.29 is 19.1 Å². The molecule has 0 saturated carbocycles. The second kappa shape index (κ2) is 8.63. The van der Waals surface area contributed by atoms with E-state index in [1.54, 1.807) is 20.8 Å². The average molecular weight is 246 g/mol. The van der Waals surface area contributed by atoms with Crippen molar-refractivity contribution in [3.8, 4) is 0 Å². The van der Waals surface area contributed by atoms with Crippen LogP contribution < -0.4 is 5.48 Å². The summed E-state index contributed by atoms with van der Waals surface area (Å²) in [5.41, 5.74) is 9.54. The van der Waals surface area contributed by atoms with Crippen LogP contribution in [0.3, 0.4) is 0 Å². The fraction of sp³-hybridized carbons (Fsp3) is 0.889. The number of hydroxylamine groups is 1. The molecule has 0 aromatic rings. The Kier molecular flexibility index (Phi) is 7.87. The van der Waals surface area contributed by atoms with Crippen molar-refractivity contribution in [1.82, 2.24) is 5.48 Å². The van der Waals surface area contributed by atoms with Gasteiger partial charge in [-0.1, -0.05) is 5.11 Å². The monoisotopic (exact) mass is 246 g/mol. The third-order valence-electron chi connectivity index (χ3n) is 1.28. The van der Waals surface area contributed by atoms with Gasteiger partial charge in [-0.05, 0) is 26.3 Å². The van der Waals surface area contributed by atoms with E-state index >= 15 is 0 Å². The number of amides is 1. The van der Waals surface area contributed by atoms with Crippen molar-refractivity contribution in [3.63, 3.8) is 0 Å². The van der Waals surface area contributed by atoms with E-state index in [1.807, 2.05) is 0 Å². The minimum atomic E-state index is -0.647. The van der Waals surface area contributed by atoms with Crippen molar-refractivity contribution in [2.75, 3.05) is 26.4 Å². The van der Waals surface area contributed by atoms with Gasteiger partial charge in [0.25, 0.3) is 0 Å². The standard InChI is InChI=1S/C9H18N4O4/c1-9(2,3)17-8(14)12-16-7-6-15-5-4-11-13-10/h4-7H2,1-3H3,(H,12,14). The molecule has 0 saturated heterocycles.